The summed E-state index contributed by atoms with van der Waals surface area (Å²) in [6.07, 6.45) is -0.305. The van der Waals surface area contributed by atoms with Crippen LogP contribution in [0.15, 0.2) is 18.5 Å². The van der Waals surface area contributed by atoms with E-state index in [0.29, 0.717) is 30.9 Å². The number of nitrogens with zero attached hydrogens (tertiary/aromatic N) is 8. The van der Waals surface area contributed by atoms with Gasteiger partial charge in [0.2, 0.25) is 0 Å². The molecule has 0 aromatic carbocycles. The maximum Gasteiger partial charge on any atom is 0.453 e. The lowest BCUT2D eigenvalue weighted by atomic mass is 10.0. The van der Waals surface area contributed by atoms with Crippen molar-refractivity contribution in [2.24, 2.45) is 7.05 Å². The molecule has 0 spiro atoms. The summed E-state index contributed by atoms with van der Waals surface area (Å²) >= 11 is 0. The standard InChI is InChI=1S/C21H21F3N8/c1-11-8-26-30(4)17(11)14-7-15-10-31(6-5-16(15)25-9-14)19-13(3)12(2)18-27-28-20(21(22,23)24)32(18)29-19/h7-9H,5-6,10H2,1-4H3. The van der Waals surface area contributed by atoms with Crippen LogP contribution in [0.2, 0.25) is 0 Å². The average Bonchev–Trinajstić information content (AvgIpc) is 3.33. The molecule has 32 heavy (non-hydrogen) atoms. The van der Waals surface area contributed by atoms with E-state index in [-0.39, 0.29) is 5.65 Å². The van der Waals surface area contributed by atoms with Crippen LogP contribution in [0.4, 0.5) is 19.0 Å². The van der Waals surface area contributed by atoms with Crippen LogP contribution in [0, 0.1) is 20.8 Å². The van der Waals surface area contributed by atoms with Crippen molar-refractivity contribution in [1.29, 1.82) is 0 Å². The van der Waals surface area contributed by atoms with Gasteiger partial charge in [-0.25, -0.2) is 0 Å². The maximum absolute atomic E-state index is 13.4. The average molecular weight is 442 g/mol. The van der Waals surface area contributed by atoms with Crippen LogP contribution in [0.3, 0.4) is 0 Å². The summed E-state index contributed by atoms with van der Waals surface area (Å²) in [6, 6.07) is 2.08. The molecule has 8 nitrogen and oxygen atoms in total. The molecule has 1 aliphatic rings. The van der Waals surface area contributed by atoms with Crippen LogP contribution in [-0.4, -0.2) is 41.1 Å². The van der Waals surface area contributed by atoms with Gasteiger partial charge in [0.05, 0.1) is 11.9 Å². The van der Waals surface area contributed by atoms with Gasteiger partial charge in [0.15, 0.2) is 11.5 Å². The first kappa shape index (κ1) is 20.4. The Kier molecular flexibility index (Phi) is 4.47. The number of aryl methyl sites for hydroxylation is 3. The zero-order chi connectivity index (χ0) is 22.8. The van der Waals surface area contributed by atoms with Gasteiger partial charge in [-0.15, -0.1) is 15.3 Å². The fraction of sp³-hybridized carbons (Fsp3) is 0.381. The van der Waals surface area contributed by atoms with Gasteiger partial charge < -0.3 is 4.90 Å². The number of fused-ring (bicyclic) bond motifs is 2. The van der Waals surface area contributed by atoms with E-state index in [1.165, 1.54) is 0 Å². The summed E-state index contributed by atoms with van der Waals surface area (Å²) in [7, 11) is 1.89. The summed E-state index contributed by atoms with van der Waals surface area (Å²) in [5.74, 6) is -0.627. The number of hydrogen-bond donors (Lipinski definition) is 0. The van der Waals surface area contributed by atoms with Gasteiger partial charge in [0.25, 0.3) is 5.82 Å². The molecule has 4 aromatic heterocycles. The van der Waals surface area contributed by atoms with E-state index in [2.05, 4.69) is 31.4 Å². The predicted molar refractivity (Wildman–Crippen MR) is 111 cm³/mol. The van der Waals surface area contributed by atoms with Crippen molar-refractivity contribution >= 4 is 11.5 Å². The SMILES string of the molecule is Cc1cnn(C)c1-c1cnc2c(c1)CN(c1nn3c(C(F)(F)F)nnc3c(C)c1C)CC2. The Morgan fingerprint density at radius 2 is 1.81 bits per heavy atom. The Labute approximate surface area is 181 Å². The second-order valence-electron chi connectivity index (χ2n) is 8.13. The normalized spacial score (nSPS) is 14.3. The fourth-order valence-electron chi connectivity index (χ4n) is 4.29. The highest BCUT2D eigenvalue weighted by molar-refractivity contribution is 5.64. The molecule has 0 saturated heterocycles. The van der Waals surface area contributed by atoms with Crippen molar-refractivity contribution in [3.63, 3.8) is 0 Å². The summed E-state index contributed by atoms with van der Waals surface area (Å²) in [5, 5.41) is 15.7. The molecule has 166 valence electrons. The van der Waals surface area contributed by atoms with E-state index < -0.39 is 12.0 Å². The van der Waals surface area contributed by atoms with Crippen molar-refractivity contribution in [2.75, 3.05) is 11.4 Å². The van der Waals surface area contributed by atoms with Crippen molar-refractivity contribution in [3.05, 3.63) is 52.2 Å². The number of hydrogen-bond acceptors (Lipinski definition) is 6. The summed E-state index contributed by atoms with van der Waals surface area (Å²) in [6.45, 7) is 6.69. The third kappa shape index (κ3) is 3.10. The smallest absolute Gasteiger partial charge is 0.350 e. The van der Waals surface area contributed by atoms with Crippen molar-refractivity contribution in [1.82, 2.24) is 34.6 Å². The molecule has 0 N–H and O–H groups in total. The van der Waals surface area contributed by atoms with Gasteiger partial charge in [0.1, 0.15) is 0 Å². The minimum atomic E-state index is -4.64. The molecule has 11 heteroatoms. The molecule has 1 aliphatic heterocycles. The van der Waals surface area contributed by atoms with Crippen molar-refractivity contribution in [2.45, 2.75) is 39.9 Å². The minimum absolute atomic E-state index is 0.117. The molecule has 0 atom stereocenters. The number of anilines is 1. The second kappa shape index (κ2) is 7.01. The first-order valence-corrected chi connectivity index (χ1v) is 10.2. The lowest BCUT2D eigenvalue weighted by Gasteiger charge is -2.31. The summed E-state index contributed by atoms with van der Waals surface area (Å²) in [5.41, 5.74) is 6.53. The van der Waals surface area contributed by atoms with Gasteiger partial charge in [-0.05, 0) is 38.0 Å². The van der Waals surface area contributed by atoms with E-state index in [9.17, 15) is 13.2 Å². The van der Waals surface area contributed by atoms with Crippen LogP contribution in [0.25, 0.3) is 16.9 Å². The van der Waals surface area contributed by atoms with Crippen molar-refractivity contribution < 1.29 is 13.2 Å². The van der Waals surface area contributed by atoms with Crippen LogP contribution < -0.4 is 4.90 Å². The number of aromatic nitrogens is 7. The van der Waals surface area contributed by atoms with Crippen LogP contribution >= 0.6 is 0 Å². The highest BCUT2D eigenvalue weighted by Gasteiger charge is 2.38. The third-order valence-corrected chi connectivity index (χ3v) is 6.06. The molecule has 5 rings (SSSR count). The highest BCUT2D eigenvalue weighted by atomic mass is 19.4. The van der Waals surface area contributed by atoms with E-state index >= 15 is 0 Å². The van der Waals surface area contributed by atoms with E-state index in [0.717, 1.165) is 38.2 Å². The lowest BCUT2D eigenvalue weighted by Crippen LogP contribution is -2.33. The molecule has 0 fully saturated rings. The molecule has 0 unspecified atom stereocenters. The van der Waals surface area contributed by atoms with Crippen LogP contribution in [-0.2, 0) is 26.2 Å². The molecule has 0 amide bonds. The molecular formula is C21H21F3N8. The summed E-state index contributed by atoms with van der Waals surface area (Å²) in [4.78, 5) is 6.64. The third-order valence-electron chi connectivity index (χ3n) is 6.06. The monoisotopic (exact) mass is 442 g/mol. The van der Waals surface area contributed by atoms with E-state index in [1.54, 1.807) is 6.92 Å². The minimum Gasteiger partial charge on any atom is -0.350 e. The molecular weight excluding hydrogens is 421 g/mol. The quantitative estimate of drug-likeness (QED) is 0.474. The molecule has 5 heterocycles. The Morgan fingerprint density at radius 3 is 2.50 bits per heavy atom. The van der Waals surface area contributed by atoms with Gasteiger partial charge in [-0.2, -0.15) is 22.8 Å². The topological polar surface area (TPSA) is 77.0 Å². The lowest BCUT2D eigenvalue weighted by molar-refractivity contribution is -0.146. The highest BCUT2D eigenvalue weighted by Crippen LogP contribution is 2.33. The molecule has 0 saturated carbocycles. The largest absolute Gasteiger partial charge is 0.453 e. The van der Waals surface area contributed by atoms with Gasteiger partial charge >= 0.3 is 6.18 Å². The Morgan fingerprint density at radius 1 is 1.03 bits per heavy atom. The number of rotatable bonds is 2. The summed E-state index contributed by atoms with van der Waals surface area (Å²) < 4.78 is 42.8. The molecule has 0 bridgehead atoms. The van der Waals surface area contributed by atoms with E-state index in [4.69, 9.17) is 0 Å². The van der Waals surface area contributed by atoms with Gasteiger partial charge in [0, 0.05) is 55.1 Å². The maximum atomic E-state index is 13.4. The van der Waals surface area contributed by atoms with Crippen LogP contribution in [0.1, 0.15) is 33.8 Å². The zero-order valence-corrected chi connectivity index (χ0v) is 18.1. The first-order valence-electron chi connectivity index (χ1n) is 10.2. The molecule has 0 aliphatic carbocycles. The Balaban J connectivity index is 1.57. The first-order chi connectivity index (χ1) is 15.1. The van der Waals surface area contributed by atoms with Crippen molar-refractivity contribution in [3.8, 4) is 11.3 Å². The number of pyridine rings is 1. The van der Waals surface area contributed by atoms with E-state index in [1.807, 2.05) is 42.9 Å². The molecule has 4 aromatic rings. The zero-order valence-electron chi connectivity index (χ0n) is 18.1. The fourth-order valence-corrected chi connectivity index (χ4v) is 4.29. The molecule has 0 radical (unpaired) electrons. The number of halogens is 3. The predicted octanol–water partition coefficient (Wildman–Crippen LogP) is 3.43. The Hall–Kier alpha value is -3.50. The second-order valence-corrected chi connectivity index (χ2v) is 8.13. The van der Waals surface area contributed by atoms with Gasteiger partial charge in [-0.3, -0.25) is 9.67 Å². The van der Waals surface area contributed by atoms with Crippen LogP contribution in [0.5, 0.6) is 0 Å². The number of alkyl halides is 3. The van der Waals surface area contributed by atoms with Gasteiger partial charge in [-0.1, -0.05) is 0 Å². The Bertz CT molecular complexity index is 1330.